The number of carbonyl (C=O) groups excluding carboxylic acids is 2. The third-order valence-electron chi connectivity index (χ3n) is 5.56. The third kappa shape index (κ3) is 4.47. The molecule has 3 aromatic rings. The van der Waals surface area contributed by atoms with Crippen LogP contribution in [0.1, 0.15) is 45.0 Å². The van der Waals surface area contributed by atoms with Gasteiger partial charge in [0.25, 0.3) is 11.5 Å². The largest absolute Gasteiger partial charge is 0.347 e. The van der Waals surface area contributed by atoms with Crippen molar-refractivity contribution in [1.82, 2.24) is 20.1 Å². The van der Waals surface area contributed by atoms with E-state index < -0.39 is 0 Å². The highest BCUT2D eigenvalue weighted by atomic mass is 32.1. The molecule has 0 unspecified atom stereocenters. The Morgan fingerprint density at radius 2 is 1.81 bits per heavy atom. The van der Waals surface area contributed by atoms with E-state index >= 15 is 0 Å². The van der Waals surface area contributed by atoms with E-state index in [-0.39, 0.29) is 23.3 Å². The summed E-state index contributed by atoms with van der Waals surface area (Å²) in [4.78, 5) is 42.2. The van der Waals surface area contributed by atoms with Gasteiger partial charge in [0.05, 0.1) is 17.0 Å². The summed E-state index contributed by atoms with van der Waals surface area (Å²) in [5, 5.41) is 10.5. The average molecular weight is 452 g/mol. The van der Waals surface area contributed by atoms with E-state index in [1.807, 2.05) is 38.1 Å². The lowest BCUT2D eigenvalue weighted by Crippen LogP contribution is -2.23. The average Bonchev–Trinajstić information content (AvgIpc) is 3.54. The van der Waals surface area contributed by atoms with Crippen molar-refractivity contribution in [2.75, 3.05) is 5.32 Å². The fourth-order valence-electron chi connectivity index (χ4n) is 3.37. The van der Waals surface area contributed by atoms with Crippen LogP contribution in [0.5, 0.6) is 0 Å². The van der Waals surface area contributed by atoms with Gasteiger partial charge >= 0.3 is 0 Å². The second-order valence-corrected chi connectivity index (χ2v) is 9.09. The van der Waals surface area contributed by atoms with Crippen LogP contribution in [0, 0.1) is 26.7 Å². The van der Waals surface area contributed by atoms with Crippen molar-refractivity contribution in [2.24, 2.45) is 13.0 Å². The first-order chi connectivity index (χ1) is 15.2. The summed E-state index contributed by atoms with van der Waals surface area (Å²) in [6, 6.07) is 7.42. The van der Waals surface area contributed by atoms with E-state index in [4.69, 9.17) is 0 Å². The maximum Gasteiger partial charge on any atom is 0.277 e. The normalized spacial score (nSPS) is 13.1. The molecule has 2 heterocycles. The lowest BCUT2D eigenvalue weighted by molar-refractivity contribution is -0.117. The molecule has 166 valence electrons. The van der Waals surface area contributed by atoms with Gasteiger partial charge in [-0.15, -0.1) is 11.3 Å². The molecular formula is C23H25N5O3S. The summed E-state index contributed by atoms with van der Waals surface area (Å²) < 4.78 is 1.30. The molecule has 8 nitrogen and oxygen atoms in total. The Morgan fingerprint density at radius 1 is 1.12 bits per heavy atom. The summed E-state index contributed by atoms with van der Waals surface area (Å²) in [6.07, 6.45) is 1.92. The smallest absolute Gasteiger partial charge is 0.277 e. The predicted octanol–water partition coefficient (Wildman–Crippen LogP) is 3.11. The fraction of sp³-hybridized carbons (Fsp3) is 0.348. The first-order valence-corrected chi connectivity index (χ1v) is 11.3. The van der Waals surface area contributed by atoms with Crippen LogP contribution in [-0.2, 0) is 18.4 Å². The number of nitrogens with one attached hydrogen (secondary N) is 2. The molecule has 9 heteroatoms. The molecule has 1 aromatic carbocycles. The number of hydrogen-bond acceptors (Lipinski definition) is 6. The van der Waals surface area contributed by atoms with Gasteiger partial charge in [-0.2, -0.15) is 5.10 Å². The Balaban J connectivity index is 1.45. The van der Waals surface area contributed by atoms with Gasteiger partial charge in [-0.25, -0.2) is 9.67 Å². The van der Waals surface area contributed by atoms with Crippen molar-refractivity contribution in [1.29, 1.82) is 0 Å². The van der Waals surface area contributed by atoms with E-state index in [1.54, 1.807) is 14.0 Å². The molecule has 0 spiro atoms. The SMILES string of the molecule is Cc1nc(-c2c(C)c(C)nn(C)c2=O)sc1C(=O)NCc1ccc(NC(=O)C2CC2)cc1. The Kier molecular flexibility index (Phi) is 5.92. The molecule has 32 heavy (non-hydrogen) atoms. The molecule has 0 bridgehead atoms. The number of benzene rings is 1. The van der Waals surface area contributed by atoms with Gasteiger partial charge in [-0.1, -0.05) is 12.1 Å². The zero-order chi connectivity index (χ0) is 23.0. The number of aryl methyl sites for hydroxylation is 3. The van der Waals surface area contributed by atoms with E-state index in [9.17, 15) is 14.4 Å². The lowest BCUT2D eigenvalue weighted by Gasteiger charge is -2.07. The number of anilines is 1. The maximum absolute atomic E-state index is 12.8. The van der Waals surface area contributed by atoms with Crippen LogP contribution in [-0.4, -0.2) is 26.6 Å². The number of nitrogens with zero attached hydrogens (tertiary/aromatic N) is 3. The number of thiazole rings is 1. The maximum atomic E-state index is 12.8. The van der Waals surface area contributed by atoms with Gasteiger partial charge in [0, 0.05) is 25.2 Å². The monoisotopic (exact) mass is 451 g/mol. The minimum atomic E-state index is -0.238. The highest BCUT2D eigenvalue weighted by Gasteiger charge is 2.29. The molecule has 2 amide bonds. The molecule has 0 aliphatic heterocycles. The van der Waals surface area contributed by atoms with Crippen LogP contribution in [0.4, 0.5) is 5.69 Å². The van der Waals surface area contributed by atoms with Gasteiger partial charge < -0.3 is 10.6 Å². The van der Waals surface area contributed by atoms with Crippen molar-refractivity contribution < 1.29 is 9.59 Å². The topological polar surface area (TPSA) is 106 Å². The Bertz CT molecular complexity index is 1260. The van der Waals surface area contributed by atoms with Gasteiger partial charge in [-0.3, -0.25) is 14.4 Å². The van der Waals surface area contributed by atoms with Crippen LogP contribution in [0.15, 0.2) is 29.1 Å². The molecule has 1 fully saturated rings. The van der Waals surface area contributed by atoms with Gasteiger partial charge in [-0.05, 0) is 56.9 Å². The lowest BCUT2D eigenvalue weighted by atomic mass is 10.1. The molecule has 0 atom stereocenters. The Morgan fingerprint density at radius 3 is 2.47 bits per heavy atom. The molecule has 0 saturated heterocycles. The Labute approximate surface area is 189 Å². The molecule has 1 saturated carbocycles. The zero-order valence-corrected chi connectivity index (χ0v) is 19.3. The predicted molar refractivity (Wildman–Crippen MR) is 124 cm³/mol. The second kappa shape index (κ2) is 8.66. The van der Waals surface area contributed by atoms with Crippen LogP contribution in [0.3, 0.4) is 0 Å². The first-order valence-electron chi connectivity index (χ1n) is 10.4. The Hall–Kier alpha value is -3.33. The number of rotatable bonds is 6. The van der Waals surface area contributed by atoms with Crippen molar-refractivity contribution in [3.63, 3.8) is 0 Å². The first kappa shape index (κ1) is 21.9. The number of hydrogen-bond donors (Lipinski definition) is 2. The molecular weight excluding hydrogens is 426 g/mol. The molecule has 2 aromatic heterocycles. The van der Waals surface area contributed by atoms with E-state index in [0.29, 0.717) is 27.7 Å². The van der Waals surface area contributed by atoms with Crippen molar-refractivity contribution >= 4 is 28.8 Å². The van der Waals surface area contributed by atoms with E-state index in [1.165, 1.54) is 16.0 Å². The third-order valence-corrected chi connectivity index (χ3v) is 6.74. The van der Waals surface area contributed by atoms with Crippen LogP contribution in [0.25, 0.3) is 10.6 Å². The fourth-order valence-corrected chi connectivity index (χ4v) is 4.45. The molecule has 0 radical (unpaired) electrons. The second-order valence-electron chi connectivity index (χ2n) is 8.09. The van der Waals surface area contributed by atoms with Crippen LogP contribution >= 0.6 is 11.3 Å². The molecule has 4 rings (SSSR count). The van der Waals surface area contributed by atoms with Crippen LogP contribution in [0.2, 0.25) is 0 Å². The number of amides is 2. The summed E-state index contributed by atoms with van der Waals surface area (Å²) in [5.41, 5.74) is 4.01. The summed E-state index contributed by atoms with van der Waals surface area (Å²) in [6.45, 7) is 5.79. The summed E-state index contributed by atoms with van der Waals surface area (Å²) in [5.74, 6) is -0.0174. The van der Waals surface area contributed by atoms with Crippen molar-refractivity contribution in [2.45, 2.75) is 40.2 Å². The van der Waals surface area contributed by atoms with E-state index in [0.717, 1.165) is 35.3 Å². The van der Waals surface area contributed by atoms with Crippen molar-refractivity contribution in [3.05, 3.63) is 62.0 Å². The van der Waals surface area contributed by atoms with Gasteiger partial charge in [0.2, 0.25) is 5.91 Å². The molecule has 1 aliphatic rings. The quantitative estimate of drug-likeness (QED) is 0.599. The summed E-state index contributed by atoms with van der Waals surface area (Å²) >= 11 is 1.21. The highest BCUT2D eigenvalue weighted by Crippen LogP contribution is 2.30. The highest BCUT2D eigenvalue weighted by molar-refractivity contribution is 7.17. The minimum absolute atomic E-state index is 0.0667. The van der Waals surface area contributed by atoms with E-state index in [2.05, 4.69) is 20.7 Å². The van der Waals surface area contributed by atoms with Crippen LogP contribution < -0.4 is 16.2 Å². The molecule has 1 aliphatic carbocycles. The summed E-state index contributed by atoms with van der Waals surface area (Å²) in [7, 11) is 1.61. The number of aromatic nitrogens is 3. The standard InChI is InChI=1S/C23H25N5O3S/c1-12-13(2)27-28(4)23(31)18(12)22-25-14(3)19(32-22)21(30)24-11-15-5-9-17(10-6-15)26-20(29)16-7-8-16/h5-6,9-10,16H,7-8,11H2,1-4H3,(H,24,30)(H,26,29). The molecule has 2 N–H and O–H groups in total. The van der Waals surface area contributed by atoms with Gasteiger partial charge in [0.15, 0.2) is 0 Å². The number of carbonyl (C=O) groups is 2. The zero-order valence-electron chi connectivity index (χ0n) is 18.5. The minimum Gasteiger partial charge on any atom is -0.347 e. The van der Waals surface area contributed by atoms with Gasteiger partial charge in [0.1, 0.15) is 9.88 Å². The van der Waals surface area contributed by atoms with Crippen molar-refractivity contribution in [3.8, 4) is 10.6 Å².